The minimum atomic E-state index is 0.102. The molecule has 2 heterocycles. The third-order valence-corrected chi connectivity index (χ3v) is 3.02. The van der Waals surface area contributed by atoms with Crippen molar-refractivity contribution in [1.82, 2.24) is 20.3 Å². The Morgan fingerprint density at radius 2 is 2.00 bits per heavy atom. The lowest BCUT2D eigenvalue weighted by Gasteiger charge is -2.15. The van der Waals surface area contributed by atoms with Crippen molar-refractivity contribution in [1.29, 1.82) is 0 Å². The number of nitrogens with zero attached hydrogens (tertiary/aromatic N) is 3. The Hall–Kier alpha value is -1.33. The lowest BCUT2D eigenvalue weighted by atomic mass is 10.1. The monoisotopic (exact) mass is 306 g/mol. The molecule has 2 aromatic heterocycles. The van der Waals surface area contributed by atoms with Gasteiger partial charge < -0.3 is 5.32 Å². The zero-order valence-corrected chi connectivity index (χ0v) is 11.8. The second-order valence-corrected chi connectivity index (χ2v) is 4.80. The summed E-state index contributed by atoms with van der Waals surface area (Å²) in [6.07, 6.45) is 6.12. The Kier molecular flexibility index (Phi) is 4.78. The highest BCUT2D eigenvalue weighted by atomic mass is 79.9. The van der Waals surface area contributed by atoms with E-state index in [1.807, 2.05) is 24.4 Å². The van der Waals surface area contributed by atoms with Crippen LogP contribution in [0, 0.1) is 0 Å². The summed E-state index contributed by atoms with van der Waals surface area (Å²) in [7, 11) is 0. The summed E-state index contributed by atoms with van der Waals surface area (Å²) >= 11 is 3.38. The molecule has 5 heteroatoms. The molecular formula is C13H15BrN4. The third-order valence-electron chi connectivity index (χ3n) is 2.55. The van der Waals surface area contributed by atoms with E-state index in [9.17, 15) is 0 Å². The van der Waals surface area contributed by atoms with E-state index in [2.05, 4.69) is 43.1 Å². The van der Waals surface area contributed by atoms with Crippen molar-refractivity contribution in [3.63, 3.8) is 0 Å². The Labute approximate surface area is 115 Å². The molecule has 2 aromatic rings. The van der Waals surface area contributed by atoms with Crippen molar-refractivity contribution >= 4 is 15.9 Å². The fourth-order valence-corrected chi connectivity index (χ4v) is 1.96. The molecule has 0 bridgehead atoms. The van der Waals surface area contributed by atoms with Crippen LogP contribution in [0.5, 0.6) is 0 Å². The Balaban J connectivity index is 2.14. The highest BCUT2D eigenvalue weighted by Crippen LogP contribution is 2.15. The van der Waals surface area contributed by atoms with Crippen molar-refractivity contribution in [2.24, 2.45) is 0 Å². The lowest BCUT2D eigenvalue weighted by molar-refractivity contribution is 0.516. The van der Waals surface area contributed by atoms with Gasteiger partial charge in [0.05, 0.1) is 6.04 Å². The smallest absolute Gasteiger partial charge is 0.145 e. The van der Waals surface area contributed by atoms with Gasteiger partial charge in [-0.2, -0.15) is 0 Å². The van der Waals surface area contributed by atoms with Crippen LogP contribution in [0.3, 0.4) is 0 Å². The molecule has 1 unspecified atom stereocenters. The number of halogens is 1. The van der Waals surface area contributed by atoms with Gasteiger partial charge >= 0.3 is 0 Å². The molecule has 0 aliphatic heterocycles. The topological polar surface area (TPSA) is 50.7 Å². The molecule has 0 radical (unpaired) electrons. The van der Waals surface area contributed by atoms with E-state index >= 15 is 0 Å². The maximum atomic E-state index is 4.38. The number of pyridine rings is 1. The summed E-state index contributed by atoms with van der Waals surface area (Å²) in [6.45, 7) is 2.95. The predicted molar refractivity (Wildman–Crippen MR) is 74.1 cm³/mol. The molecule has 0 aliphatic carbocycles. The fraction of sp³-hybridized carbons (Fsp3) is 0.308. The first-order chi connectivity index (χ1) is 8.79. The third kappa shape index (κ3) is 3.58. The zero-order chi connectivity index (χ0) is 12.8. The van der Waals surface area contributed by atoms with Crippen LogP contribution in [0.4, 0.5) is 0 Å². The molecule has 1 N–H and O–H groups in total. The minimum Gasteiger partial charge on any atom is -0.307 e. The molecule has 4 nitrogen and oxygen atoms in total. The van der Waals surface area contributed by atoms with Crippen LogP contribution in [0.25, 0.3) is 0 Å². The largest absolute Gasteiger partial charge is 0.307 e. The molecule has 94 valence electrons. The minimum absolute atomic E-state index is 0.102. The predicted octanol–water partition coefficient (Wildman–Crippen LogP) is 2.53. The first kappa shape index (κ1) is 13.1. The van der Waals surface area contributed by atoms with Crippen molar-refractivity contribution in [2.75, 3.05) is 6.54 Å². The van der Waals surface area contributed by atoms with Gasteiger partial charge in [-0.3, -0.25) is 4.98 Å². The van der Waals surface area contributed by atoms with Crippen LogP contribution >= 0.6 is 15.9 Å². The number of hydrogen-bond acceptors (Lipinski definition) is 4. The molecule has 0 fully saturated rings. The molecule has 0 saturated carbocycles. The van der Waals surface area contributed by atoms with E-state index in [-0.39, 0.29) is 6.04 Å². The van der Waals surface area contributed by atoms with Crippen LogP contribution in [0.15, 0.2) is 41.3 Å². The SMILES string of the molecule is CCNC(Cc1ccc(Br)cn1)c1ncccn1. The van der Waals surface area contributed by atoms with Gasteiger partial charge in [0.2, 0.25) is 0 Å². The summed E-state index contributed by atoms with van der Waals surface area (Å²) in [5, 5.41) is 3.39. The van der Waals surface area contributed by atoms with E-state index in [4.69, 9.17) is 0 Å². The van der Waals surface area contributed by atoms with Gasteiger partial charge in [0.15, 0.2) is 0 Å². The number of likely N-dealkylation sites (N-methyl/N-ethyl adjacent to an activating group) is 1. The Bertz CT molecular complexity index is 472. The van der Waals surface area contributed by atoms with Crippen molar-refractivity contribution < 1.29 is 0 Å². The van der Waals surface area contributed by atoms with Crippen LogP contribution in [0.1, 0.15) is 24.5 Å². The van der Waals surface area contributed by atoms with Crippen molar-refractivity contribution in [2.45, 2.75) is 19.4 Å². The molecule has 0 aliphatic rings. The zero-order valence-electron chi connectivity index (χ0n) is 10.2. The average Bonchev–Trinajstić information content (AvgIpc) is 2.42. The second-order valence-electron chi connectivity index (χ2n) is 3.89. The number of hydrogen-bond donors (Lipinski definition) is 1. The summed E-state index contributed by atoms with van der Waals surface area (Å²) in [5.74, 6) is 0.809. The highest BCUT2D eigenvalue weighted by Gasteiger charge is 2.14. The van der Waals surface area contributed by atoms with Gasteiger partial charge in [-0.15, -0.1) is 0 Å². The molecule has 0 aromatic carbocycles. The van der Waals surface area contributed by atoms with Gasteiger partial charge in [-0.05, 0) is 40.7 Å². The second kappa shape index (κ2) is 6.56. The molecule has 2 rings (SSSR count). The van der Waals surface area contributed by atoms with Gasteiger partial charge in [0.1, 0.15) is 5.82 Å². The molecular weight excluding hydrogens is 292 g/mol. The van der Waals surface area contributed by atoms with E-state index < -0.39 is 0 Å². The fourth-order valence-electron chi connectivity index (χ4n) is 1.73. The van der Waals surface area contributed by atoms with Gasteiger partial charge in [0.25, 0.3) is 0 Å². The Morgan fingerprint density at radius 1 is 1.22 bits per heavy atom. The van der Waals surface area contributed by atoms with Crippen LogP contribution in [-0.2, 0) is 6.42 Å². The van der Waals surface area contributed by atoms with Crippen molar-refractivity contribution in [3.05, 3.63) is 52.8 Å². The average molecular weight is 307 g/mol. The van der Waals surface area contributed by atoms with Crippen LogP contribution in [-0.4, -0.2) is 21.5 Å². The standard InChI is InChI=1S/C13H15BrN4/c1-2-15-12(13-16-6-3-7-17-13)8-11-5-4-10(14)9-18-11/h3-7,9,12,15H,2,8H2,1H3. The molecule has 0 spiro atoms. The number of rotatable bonds is 5. The summed E-state index contributed by atoms with van der Waals surface area (Å²) in [5.41, 5.74) is 1.02. The first-order valence-electron chi connectivity index (χ1n) is 5.90. The summed E-state index contributed by atoms with van der Waals surface area (Å²) in [6, 6.07) is 5.93. The lowest BCUT2D eigenvalue weighted by Crippen LogP contribution is -2.25. The van der Waals surface area contributed by atoms with E-state index in [0.717, 1.165) is 29.0 Å². The van der Waals surface area contributed by atoms with Crippen LogP contribution in [0.2, 0.25) is 0 Å². The van der Waals surface area contributed by atoms with Crippen LogP contribution < -0.4 is 5.32 Å². The summed E-state index contributed by atoms with van der Waals surface area (Å²) in [4.78, 5) is 13.0. The van der Waals surface area contributed by atoms with Gasteiger partial charge in [-0.1, -0.05) is 6.92 Å². The number of aromatic nitrogens is 3. The maximum absolute atomic E-state index is 4.38. The van der Waals surface area contributed by atoms with Gasteiger partial charge in [-0.25, -0.2) is 9.97 Å². The normalized spacial score (nSPS) is 12.3. The van der Waals surface area contributed by atoms with E-state index in [1.165, 1.54) is 0 Å². The molecule has 0 saturated heterocycles. The van der Waals surface area contributed by atoms with E-state index in [0.29, 0.717) is 0 Å². The molecule has 1 atom stereocenters. The van der Waals surface area contributed by atoms with E-state index in [1.54, 1.807) is 12.4 Å². The first-order valence-corrected chi connectivity index (χ1v) is 6.69. The molecule has 18 heavy (non-hydrogen) atoms. The number of nitrogens with one attached hydrogen (secondary N) is 1. The van der Waals surface area contributed by atoms with Crippen molar-refractivity contribution in [3.8, 4) is 0 Å². The Morgan fingerprint density at radius 3 is 2.61 bits per heavy atom. The summed E-state index contributed by atoms with van der Waals surface area (Å²) < 4.78 is 0.988. The maximum Gasteiger partial charge on any atom is 0.145 e. The highest BCUT2D eigenvalue weighted by molar-refractivity contribution is 9.10. The molecule has 0 amide bonds. The quantitative estimate of drug-likeness (QED) is 0.922. The van der Waals surface area contributed by atoms with Gasteiger partial charge in [0, 0.05) is 35.2 Å².